The van der Waals surface area contributed by atoms with Crippen LogP contribution in [0.4, 0.5) is 5.69 Å². The standard InChI is InChI=1S/C11H15N3O6/c1-4-19-9(15)11(3,10(16)20-5-2)13-7-8(6-12-13)14(17)18/h6-7H,4-5H2,1-3H3. The van der Waals surface area contributed by atoms with E-state index in [2.05, 4.69) is 5.10 Å². The number of carbonyl (C=O) groups excluding carboxylic acids is 2. The van der Waals surface area contributed by atoms with E-state index in [1.54, 1.807) is 13.8 Å². The van der Waals surface area contributed by atoms with Gasteiger partial charge < -0.3 is 9.47 Å². The van der Waals surface area contributed by atoms with Crippen LogP contribution in [0.2, 0.25) is 0 Å². The SMILES string of the molecule is CCOC(=O)C(C)(C(=O)OCC)n1cc([N+](=O)[O-])cn1. The first-order valence-electron chi connectivity index (χ1n) is 5.91. The molecule has 1 rings (SSSR count). The Hall–Kier alpha value is -2.45. The first kappa shape index (κ1) is 15.6. The molecular formula is C11H15N3O6. The molecule has 110 valence electrons. The molecule has 0 aliphatic heterocycles. The first-order chi connectivity index (χ1) is 9.37. The van der Waals surface area contributed by atoms with Crippen molar-refractivity contribution >= 4 is 17.6 Å². The fourth-order valence-corrected chi connectivity index (χ4v) is 1.47. The van der Waals surface area contributed by atoms with Gasteiger partial charge in [-0.15, -0.1) is 0 Å². The summed E-state index contributed by atoms with van der Waals surface area (Å²) in [5.41, 5.74) is -2.25. The second kappa shape index (κ2) is 6.13. The summed E-state index contributed by atoms with van der Waals surface area (Å²) < 4.78 is 10.5. The van der Waals surface area contributed by atoms with Crippen LogP contribution in [0.1, 0.15) is 20.8 Å². The van der Waals surface area contributed by atoms with Crippen molar-refractivity contribution in [1.29, 1.82) is 0 Å². The van der Waals surface area contributed by atoms with Crippen molar-refractivity contribution in [2.75, 3.05) is 13.2 Å². The Morgan fingerprint density at radius 3 is 2.20 bits per heavy atom. The molecule has 1 aromatic rings. The number of nitro groups is 1. The highest BCUT2D eigenvalue weighted by molar-refractivity contribution is 6.01. The van der Waals surface area contributed by atoms with Crippen molar-refractivity contribution in [3.8, 4) is 0 Å². The average Bonchev–Trinajstić information content (AvgIpc) is 2.88. The monoisotopic (exact) mass is 285 g/mol. The van der Waals surface area contributed by atoms with Crippen LogP contribution in [0.3, 0.4) is 0 Å². The summed E-state index contributed by atoms with van der Waals surface area (Å²) in [6, 6.07) is 0. The molecule has 0 aromatic carbocycles. The fraction of sp³-hybridized carbons (Fsp3) is 0.545. The molecule has 0 aliphatic rings. The van der Waals surface area contributed by atoms with Crippen molar-refractivity contribution in [2.24, 2.45) is 0 Å². The minimum Gasteiger partial charge on any atom is -0.464 e. The Balaban J connectivity index is 3.24. The van der Waals surface area contributed by atoms with E-state index in [0.29, 0.717) is 0 Å². The third-order valence-corrected chi connectivity index (χ3v) is 2.58. The van der Waals surface area contributed by atoms with Gasteiger partial charge in [0.1, 0.15) is 12.4 Å². The molecule has 0 fully saturated rings. The Labute approximate surface area is 114 Å². The molecule has 1 aromatic heterocycles. The van der Waals surface area contributed by atoms with Crippen molar-refractivity contribution < 1.29 is 24.0 Å². The summed E-state index contributed by atoms with van der Waals surface area (Å²) >= 11 is 0. The zero-order valence-corrected chi connectivity index (χ0v) is 11.4. The van der Waals surface area contributed by atoms with Gasteiger partial charge in [0.2, 0.25) is 0 Å². The number of hydrogen-bond donors (Lipinski definition) is 0. The van der Waals surface area contributed by atoms with E-state index in [0.717, 1.165) is 17.1 Å². The Bertz CT molecular complexity index is 506. The minimum atomic E-state index is -1.90. The van der Waals surface area contributed by atoms with Crippen LogP contribution in [0.5, 0.6) is 0 Å². The van der Waals surface area contributed by atoms with Gasteiger partial charge in [-0.3, -0.25) is 10.1 Å². The van der Waals surface area contributed by atoms with Crippen molar-refractivity contribution in [1.82, 2.24) is 9.78 Å². The van der Waals surface area contributed by atoms with E-state index in [4.69, 9.17) is 9.47 Å². The maximum atomic E-state index is 12.0. The highest BCUT2D eigenvalue weighted by Gasteiger charge is 2.47. The van der Waals surface area contributed by atoms with E-state index in [1.165, 1.54) is 6.92 Å². The quantitative estimate of drug-likeness (QED) is 0.326. The third-order valence-electron chi connectivity index (χ3n) is 2.58. The van der Waals surface area contributed by atoms with Crippen LogP contribution in [-0.4, -0.2) is 39.9 Å². The Morgan fingerprint density at radius 1 is 1.35 bits per heavy atom. The van der Waals surface area contributed by atoms with Crippen LogP contribution in [-0.2, 0) is 24.6 Å². The van der Waals surface area contributed by atoms with Gasteiger partial charge in [-0.05, 0) is 20.8 Å². The number of esters is 2. The molecule has 0 saturated heterocycles. The molecular weight excluding hydrogens is 270 g/mol. The zero-order chi connectivity index (χ0) is 15.3. The van der Waals surface area contributed by atoms with E-state index in [1.807, 2.05) is 0 Å². The van der Waals surface area contributed by atoms with Crippen LogP contribution < -0.4 is 0 Å². The van der Waals surface area contributed by atoms with Crippen molar-refractivity contribution in [2.45, 2.75) is 26.3 Å². The van der Waals surface area contributed by atoms with Gasteiger partial charge in [-0.1, -0.05) is 0 Å². The lowest BCUT2D eigenvalue weighted by Crippen LogP contribution is -2.49. The molecule has 20 heavy (non-hydrogen) atoms. The van der Waals surface area contributed by atoms with Crippen molar-refractivity contribution in [3.05, 3.63) is 22.5 Å². The summed E-state index contributed by atoms with van der Waals surface area (Å²) in [4.78, 5) is 34.0. The lowest BCUT2D eigenvalue weighted by Gasteiger charge is -2.24. The molecule has 0 saturated carbocycles. The molecule has 1 heterocycles. The number of hydrogen-bond acceptors (Lipinski definition) is 7. The van der Waals surface area contributed by atoms with E-state index in [-0.39, 0.29) is 18.9 Å². The summed E-state index contributed by atoms with van der Waals surface area (Å²) in [6.45, 7) is 4.50. The summed E-state index contributed by atoms with van der Waals surface area (Å²) in [5.74, 6) is -1.78. The van der Waals surface area contributed by atoms with Crippen LogP contribution in [0, 0.1) is 10.1 Å². The van der Waals surface area contributed by atoms with Crippen molar-refractivity contribution in [3.63, 3.8) is 0 Å². The summed E-state index contributed by atoms with van der Waals surface area (Å²) in [7, 11) is 0. The van der Waals surface area contributed by atoms with Crippen LogP contribution >= 0.6 is 0 Å². The molecule has 9 nitrogen and oxygen atoms in total. The zero-order valence-electron chi connectivity index (χ0n) is 11.4. The third kappa shape index (κ3) is 2.76. The lowest BCUT2D eigenvalue weighted by molar-refractivity contribution is -0.385. The molecule has 0 radical (unpaired) electrons. The Morgan fingerprint density at radius 2 is 1.85 bits per heavy atom. The average molecular weight is 285 g/mol. The number of rotatable bonds is 6. The molecule has 0 atom stereocenters. The van der Waals surface area contributed by atoms with Gasteiger partial charge in [0, 0.05) is 0 Å². The minimum absolute atomic E-state index is 0.0528. The van der Waals surface area contributed by atoms with Crippen LogP contribution in [0.25, 0.3) is 0 Å². The van der Waals surface area contributed by atoms with E-state index >= 15 is 0 Å². The van der Waals surface area contributed by atoms with Gasteiger partial charge in [0.15, 0.2) is 0 Å². The van der Waals surface area contributed by atoms with Gasteiger partial charge in [0.25, 0.3) is 5.54 Å². The number of ether oxygens (including phenoxy) is 2. The molecule has 0 N–H and O–H groups in total. The second-order valence-corrected chi connectivity index (χ2v) is 3.91. The fourth-order valence-electron chi connectivity index (χ4n) is 1.47. The molecule has 0 spiro atoms. The summed E-state index contributed by atoms with van der Waals surface area (Å²) in [5, 5.41) is 14.3. The van der Waals surface area contributed by atoms with E-state index in [9.17, 15) is 19.7 Å². The maximum absolute atomic E-state index is 12.0. The predicted octanol–water partition coefficient (Wildman–Crippen LogP) is 0.633. The van der Waals surface area contributed by atoms with Crippen LogP contribution in [0.15, 0.2) is 12.4 Å². The van der Waals surface area contributed by atoms with Gasteiger partial charge in [-0.25, -0.2) is 14.3 Å². The number of nitrogens with zero attached hydrogens (tertiary/aromatic N) is 3. The maximum Gasteiger partial charge on any atom is 0.345 e. The first-order valence-corrected chi connectivity index (χ1v) is 5.91. The lowest BCUT2D eigenvalue weighted by atomic mass is 10.0. The smallest absolute Gasteiger partial charge is 0.345 e. The van der Waals surface area contributed by atoms with Gasteiger partial charge in [-0.2, -0.15) is 5.10 Å². The largest absolute Gasteiger partial charge is 0.464 e. The Kier molecular flexibility index (Phi) is 4.78. The molecule has 0 amide bonds. The predicted molar refractivity (Wildman–Crippen MR) is 65.8 cm³/mol. The molecule has 9 heteroatoms. The molecule has 0 bridgehead atoms. The molecule has 0 aliphatic carbocycles. The van der Waals surface area contributed by atoms with Gasteiger partial charge >= 0.3 is 17.6 Å². The highest BCUT2D eigenvalue weighted by atomic mass is 16.6. The second-order valence-electron chi connectivity index (χ2n) is 3.91. The highest BCUT2D eigenvalue weighted by Crippen LogP contribution is 2.22. The number of aromatic nitrogens is 2. The summed E-state index contributed by atoms with van der Waals surface area (Å²) in [6.07, 6.45) is 1.92. The molecule has 0 unspecified atom stereocenters. The normalized spacial score (nSPS) is 10.9. The number of carbonyl (C=O) groups is 2. The van der Waals surface area contributed by atoms with E-state index < -0.39 is 22.4 Å². The van der Waals surface area contributed by atoms with Gasteiger partial charge in [0.05, 0.1) is 18.1 Å². The topological polar surface area (TPSA) is 114 Å².